The van der Waals surface area contributed by atoms with E-state index in [-0.39, 0.29) is 23.9 Å². The van der Waals surface area contributed by atoms with E-state index < -0.39 is 0 Å². The number of aromatic nitrogens is 1. The maximum absolute atomic E-state index is 5.66. The third kappa shape index (κ3) is 6.20. The van der Waals surface area contributed by atoms with Gasteiger partial charge in [0, 0.05) is 10.8 Å². The first-order valence-electron chi connectivity index (χ1n) is 7.48. The quantitative estimate of drug-likeness (QED) is 0.665. The molecule has 0 fully saturated rings. The molecular formula is C18H34N2O2. The number of oxazole rings is 1. The molecule has 1 aliphatic heterocycles. The summed E-state index contributed by atoms with van der Waals surface area (Å²) in [5.41, 5.74) is 0.0185. The zero-order valence-electron chi connectivity index (χ0n) is 15.0. The second kappa shape index (κ2) is 6.84. The van der Waals surface area contributed by atoms with Gasteiger partial charge in [0.25, 0.3) is 0 Å². The van der Waals surface area contributed by atoms with Crippen molar-refractivity contribution in [1.29, 1.82) is 0 Å². The number of hydrogen-bond donors (Lipinski definition) is 0. The van der Waals surface area contributed by atoms with E-state index in [2.05, 4.69) is 65.4 Å². The maximum Gasteiger partial charge on any atom is 0.199 e. The molecule has 0 saturated heterocycles. The monoisotopic (exact) mass is 310 g/mol. The number of ether oxygens (including phenoxy) is 1. The highest BCUT2D eigenvalue weighted by molar-refractivity contribution is 5.83. The van der Waals surface area contributed by atoms with Gasteiger partial charge in [-0.05, 0) is 20.8 Å². The second-order valence-electron chi connectivity index (χ2n) is 8.26. The summed E-state index contributed by atoms with van der Waals surface area (Å²) in [7, 11) is 0. The van der Waals surface area contributed by atoms with Crippen LogP contribution in [0.15, 0.2) is 15.6 Å². The van der Waals surface area contributed by atoms with Gasteiger partial charge in [-0.25, -0.2) is 4.98 Å². The van der Waals surface area contributed by atoms with Gasteiger partial charge in [-0.15, -0.1) is 0 Å². The van der Waals surface area contributed by atoms with Gasteiger partial charge in [0.15, 0.2) is 11.8 Å². The first-order valence-corrected chi connectivity index (χ1v) is 7.48. The number of aliphatic imine (C=N–C) groups is 1. The number of rotatable bonds is 0. The van der Waals surface area contributed by atoms with Gasteiger partial charge in [0.05, 0.1) is 12.7 Å². The first kappa shape index (κ1) is 20.7. The van der Waals surface area contributed by atoms with Crippen molar-refractivity contribution < 1.29 is 9.15 Å². The van der Waals surface area contributed by atoms with Crippen molar-refractivity contribution in [3.63, 3.8) is 0 Å². The predicted molar refractivity (Wildman–Crippen MR) is 93.6 cm³/mol. The van der Waals surface area contributed by atoms with Crippen LogP contribution in [0.4, 0.5) is 0 Å². The van der Waals surface area contributed by atoms with Gasteiger partial charge in [-0.3, -0.25) is 4.99 Å². The van der Waals surface area contributed by atoms with Gasteiger partial charge >= 0.3 is 0 Å². The van der Waals surface area contributed by atoms with Crippen LogP contribution in [-0.4, -0.2) is 23.0 Å². The van der Waals surface area contributed by atoms with Crippen LogP contribution < -0.4 is 0 Å². The van der Waals surface area contributed by atoms with Gasteiger partial charge in [0.1, 0.15) is 11.4 Å². The molecular weight excluding hydrogens is 276 g/mol. The van der Waals surface area contributed by atoms with Crippen molar-refractivity contribution >= 4 is 5.90 Å². The molecule has 0 amide bonds. The lowest BCUT2D eigenvalue weighted by molar-refractivity contribution is 0.115. The molecule has 1 aromatic rings. The SMILES string of the molecule is C.CC1(C)CN=C(C(C)(C)C)O1.Cc1cnc(C(C)(C)C)o1. The minimum absolute atomic E-state index is 0. The van der Waals surface area contributed by atoms with Crippen molar-refractivity contribution in [3.05, 3.63) is 17.8 Å². The smallest absolute Gasteiger partial charge is 0.199 e. The Morgan fingerprint density at radius 3 is 1.77 bits per heavy atom. The van der Waals surface area contributed by atoms with Crippen LogP contribution in [0.25, 0.3) is 0 Å². The molecule has 0 aromatic carbocycles. The fourth-order valence-electron chi connectivity index (χ4n) is 1.68. The van der Waals surface area contributed by atoms with Crippen LogP contribution in [0.1, 0.15) is 74.5 Å². The van der Waals surface area contributed by atoms with Crippen LogP contribution in [-0.2, 0) is 10.2 Å². The summed E-state index contributed by atoms with van der Waals surface area (Å²) in [6.07, 6.45) is 1.75. The van der Waals surface area contributed by atoms with Gasteiger partial charge in [-0.2, -0.15) is 0 Å². The maximum atomic E-state index is 5.66. The lowest BCUT2D eigenvalue weighted by Gasteiger charge is -2.23. The Bertz CT molecular complexity index is 500. The standard InChI is InChI=1S/C9H17NO.C8H13NO.CH4/c1-8(2,3)7-10-6-9(4,5)11-7;1-6-5-9-7(10-6)8(2,3)4;/h6H2,1-5H3;5H,1-4H3;1H4. The van der Waals surface area contributed by atoms with E-state index in [1.807, 2.05) is 6.92 Å². The molecule has 2 heterocycles. The Morgan fingerprint density at radius 2 is 1.59 bits per heavy atom. The lowest BCUT2D eigenvalue weighted by atomic mass is 9.97. The predicted octanol–water partition coefficient (Wildman–Crippen LogP) is 5.16. The minimum atomic E-state index is -0.0807. The fourth-order valence-corrected chi connectivity index (χ4v) is 1.68. The molecule has 0 N–H and O–H groups in total. The fraction of sp³-hybridized carbons (Fsp3) is 0.778. The highest BCUT2D eigenvalue weighted by Crippen LogP contribution is 2.27. The lowest BCUT2D eigenvalue weighted by Crippen LogP contribution is -2.29. The summed E-state index contributed by atoms with van der Waals surface area (Å²) in [5, 5.41) is 0. The Hall–Kier alpha value is -1.32. The largest absolute Gasteiger partial charge is 0.473 e. The molecule has 4 nitrogen and oxygen atoms in total. The summed E-state index contributed by atoms with van der Waals surface area (Å²) >= 11 is 0. The molecule has 128 valence electrons. The Labute approximate surface area is 136 Å². The number of hydrogen-bond acceptors (Lipinski definition) is 4. The zero-order chi connectivity index (χ0) is 16.5. The Balaban J connectivity index is 0.000000385. The van der Waals surface area contributed by atoms with Crippen molar-refractivity contribution in [1.82, 2.24) is 4.98 Å². The second-order valence-corrected chi connectivity index (χ2v) is 8.26. The van der Waals surface area contributed by atoms with E-state index in [0.717, 1.165) is 24.1 Å². The zero-order valence-corrected chi connectivity index (χ0v) is 15.0. The molecule has 1 aliphatic rings. The van der Waals surface area contributed by atoms with Crippen LogP contribution in [0.3, 0.4) is 0 Å². The van der Waals surface area contributed by atoms with E-state index in [4.69, 9.17) is 9.15 Å². The molecule has 0 spiro atoms. The number of nitrogens with zero attached hydrogens (tertiary/aromatic N) is 2. The van der Waals surface area contributed by atoms with E-state index in [1.165, 1.54) is 0 Å². The molecule has 0 aliphatic carbocycles. The van der Waals surface area contributed by atoms with Crippen molar-refractivity contribution in [3.8, 4) is 0 Å². The normalized spacial score (nSPS) is 16.9. The van der Waals surface area contributed by atoms with Crippen molar-refractivity contribution in [2.75, 3.05) is 6.54 Å². The van der Waals surface area contributed by atoms with E-state index in [9.17, 15) is 0 Å². The molecule has 0 radical (unpaired) electrons. The summed E-state index contributed by atoms with van der Waals surface area (Å²) in [6.45, 7) is 19.4. The molecule has 0 saturated carbocycles. The molecule has 22 heavy (non-hydrogen) atoms. The topological polar surface area (TPSA) is 47.6 Å². The van der Waals surface area contributed by atoms with E-state index >= 15 is 0 Å². The highest BCUT2D eigenvalue weighted by Gasteiger charge is 2.33. The summed E-state index contributed by atoms with van der Waals surface area (Å²) in [5.74, 6) is 2.58. The summed E-state index contributed by atoms with van der Waals surface area (Å²) < 4.78 is 11.0. The third-order valence-corrected chi connectivity index (χ3v) is 2.88. The molecule has 0 atom stereocenters. The molecule has 0 unspecified atom stereocenters. The minimum Gasteiger partial charge on any atom is -0.473 e. The van der Waals surface area contributed by atoms with Crippen molar-refractivity contribution in [2.45, 2.75) is 80.8 Å². The van der Waals surface area contributed by atoms with Gasteiger partial charge < -0.3 is 9.15 Å². The molecule has 0 bridgehead atoms. The first-order chi connectivity index (χ1) is 9.31. The van der Waals surface area contributed by atoms with Crippen LogP contribution in [0.2, 0.25) is 0 Å². The average Bonchev–Trinajstić information content (AvgIpc) is 2.83. The van der Waals surface area contributed by atoms with Crippen LogP contribution in [0, 0.1) is 12.3 Å². The summed E-state index contributed by atoms with van der Waals surface area (Å²) in [4.78, 5) is 8.47. The molecule has 4 heteroatoms. The Kier molecular flexibility index (Phi) is 6.43. The van der Waals surface area contributed by atoms with E-state index in [1.54, 1.807) is 6.20 Å². The van der Waals surface area contributed by atoms with Crippen molar-refractivity contribution in [2.24, 2.45) is 10.4 Å². The van der Waals surface area contributed by atoms with Crippen LogP contribution >= 0.6 is 0 Å². The molecule has 1 aromatic heterocycles. The molecule has 2 rings (SSSR count). The highest BCUT2D eigenvalue weighted by atomic mass is 16.5. The van der Waals surface area contributed by atoms with Gasteiger partial charge in [0.2, 0.25) is 0 Å². The summed E-state index contributed by atoms with van der Waals surface area (Å²) in [6, 6.07) is 0. The Morgan fingerprint density at radius 1 is 1.05 bits per heavy atom. The number of aryl methyl sites for hydroxylation is 1. The third-order valence-electron chi connectivity index (χ3n) is 2.88. The van der Waals surface area contributed by atoms with Gasteiger partial charge in [-0.1, -0.05) is 49.0 Å². The van der Waals surface area contributed by atoms with Crippen LogP contribution in [0.5, 0.6) is 0 Å². The average molecular weight is 310 g/mol. The van der Waals surface area contributed by atoms with E-state index in [0.29, 0.717) is 0 Å².